The van der Waals surface area contributed by atoms with Crippen LogP contribution >= 0.6 is 0 Å². The first kappa shape index (κ1) is 21.2. The van der Waals surface area contributed by atoms with Crippen molar-refractivity contribution in [2.75, 3.05) is 5.32 Å². The van der Waals surface area contributed by atoms with E-state index in [1.54, 1.807) is 6.20 Å². The van der Waals surface area contributed by atoms with Crippen LogP contribution in [-0.2, 0) is 4.79 Å². The van der Waals surface area contributed by atoms with Gasteiger partial charge in [-0.2, -0.15) is 0 Å². The molecular formula is C20H27FN4O. The third kappa shape index (κ3) is 6.93. The average Bonchev–Trinajstić information content (AvgIpc) is 2.57. The summed E-state index contributed by atoms with van der Waals surface area (Å²) in [6, 6.07) is 5.40. The molecule has 0 aliphatic rings. The second kappa shape index (κ2) is 10.9. The number of rotatable bonds is 10. The van der Waals surface area contributed by atoms with E-state index in [2.05, 4.69) is 24.1 Å². The van der Waals surface area contributed by atoms with Crippen molar-refractivity contribution in [3.05, 3.63) is 65.8 Å². The van der Waals surface area contributed by atoms with Gasteiger partial charge in [-0.15, -0.1) is 0 Å². The van der Waals surface area contributed by atoms with Gasteiger partial charge in [0.2, 0.25) is 0 Å². The lowest BCUT2D eigenvalue weighted by molar-refractivity contribution is -0.112. The summed E-state index contributed by atoms with van der Waals surface area (Å²) in [5.74, 6) is -1.24. The van der Waals surface area contributed by atoms with Crippen molar-refractivity contribution in [1.82, 2.24) is 5.32 Å². The van der Waals surface area contributed by atoms with E-state index in [-0.39, 0.29) is 11.4 Å². The third-order valence-corrected chi connectivity index (χ3v) is 3.55. The van der Waals surface area contributed by atoms with E-state index < -0.39 is 11.7 Å². The molecular weight excluding hydrogens is 331 g/mol. The zero-order chi connectivity index (χ0) is 19.5. The SMILES string of the molecule is C=C(/C=C\N/C(CCC)=C(\C(=N)N)C(=O)Nc1ccc(F)cc1)CCC. The van der Waals surface area contributed by atoms with Gasteiger partial charge in [0.15, 0.2) is 0 Å². The van der Waals surface area contributed by atoms with Gasteiger partial charge in [-0.1, -0.05) is 38.8 Å². The molecule has 1 rings (SSSR count). The fraction of sp³-hybridized carbons (Fsp3) is 0.300. The van der Waals surface area contributed by atoms with Crippen LogP contribution in [0.4, 0.5) is 10.1 Å². The molecule has 1 amide bonds. The van der Waals surface area contributed by atoms with Gasteiger partial charge in [-0.05, 0) is 43.2 Å². The normalized spacial score (nSPS) is 11.8. The highest BCUT2D eigenvalue weighted by molar-refractivity contribution is 6.23. The molecule has 0 radical (unpaired) electrons. The molecule has 5 nitrogen and oxygen atoms in total. The molecule has 0 aliphatic carbocycles. The van der Waals surface area contributed by atoms with Crippen molar-refractivity contribution >= 4 is 17.4 Å². The first-order valence-electron chi connectivity index (χ1n) is 8.64. The van der Waals surface area contributed by atoms with E-state index >= 15 is 0 Å². The predicted octanol–water partition coefficient (Wildman–Crippen LogP) is 4.21. The van der Waals surface area contributed by atoms with Crippen molar-refractivity contribution in [2.24, 2.45) is 5.73 Å². The summed E-state index contributed by atoms with van der Waals surface area (Å²) in [4.78, 5) is 12.6. The maximum atomic E-state index is 13.0. The molecule has 0 aliphatic heterocycles. The summed E-state index contributed by atoms with van der Waals surface area (Å²) in [5.41, 5.74) is 7.67. The number of nitrogens with two attached hydrogens (primary N) is 1. The first-order valence-corrected chi connectivity index (χ1v) is 8.64. The first-order chi connectivity index (χ1) is 12.4. The molecule has 0 bridgehead atoms. The van der Waals surface area contributed by atoms with Crippen LogP contribution in [0.2, 0.25) is 0 Å². The molecule has 0 heterocycles. The molecule has 0 atom stereocenters. The molecule has 1 aromatic rings. The van der Waals surface area contributed by atoms with Crippen LogP contribution in [-0.4, -0.2) is 11.7 Å². The number of allylic oxidation sites excluding steroid dienone is 3. The number of hydrogen-bond acceptors (Lipinski definition) is 3. The largest absolute Gasteiger partial charge is 0.383 e. The van der Waals surface area contributed by atoms with Crippen molar-refractivity contribution in [2.45, 2.75) is 39.5 Å². The maximum Gasteiger partial charge on any atom is 0.261 e. The average molecular weight is 358 g/mol. The Morgan fingerprint density at radius 2 is 1.85 bits per heavy atom. The van der Waals surface area contributed by atoms with Gasteiger partial charge in [-0.25, -0.2) is 4.39 Å². The fourth-order valence-corrected chi connectivity index (χ4v) is 2.33. The van der Waals surface area contributed by atoms with Crippen LogP contribution in [0, 0.1) is 11.2 Å². The standard InChI is InChI=1S/C20H27FN4O/c1-4-6-14(3)12-13-24-17(7-5-2)18(19(22)23)20(26)25-16-10-8-15(21)9-11-16/h8-13,24H,3-7H2,1-2H3,(H3,22,23)(H,25,26)/b13-12-,18-17+. The highest BCUT2D eigenvalue weighted by atomic mass is 19.1. The Balaban J connectivity index is 3.03. The minimum absolute atomic E-state index is 0.0712. The lowest BCUT2D eigenvalue weighted by Crippen LogP contribution is -2.29. The molecule has 6 heteroatoms. The third-order valence-electron chi connectivity index (χ3n) is 3.55. The maximum absolute atomic E-state index is 13.0. The van der Waals surface area contributed by atoms with E-state index in [1.807, 2.05) is 13.0 Å². The summed E-state index contributed by atoms with van der Waals surface area (Å²) in [6.45, 7) is 7.99. The topological polar surface area (TPSA) is 91.0 Å². The van der Waals surface area contributed by atoms with Gasteiger partial charge in [-0.3, -0.25) is 10.2 Å². The van der Waals surface area contributed by atoms with E-state index in [1.165, 1.54) is 24.3 Å². The van der Waals surface area contributed by atoms with Gasteiger partial charge < -0.3 is 16.4 Å². The molecule has 1 aromatic carbocycles. The summed E-state index contributed by atoms with van der Waals surface area (Å²) >= 11 is 0. The minimum Gasteiger partial charge on any atom is -0.383 e. The number of benzene rings is 1. The van der Waals surface area contributed by atoms with Crippen LogP contribution in [0.1, 0.15) is 39.5 Å². The zero-order valence-corrected chi connectivity index (χ0v) is 15.4. The minimum atomic E-state index is -0.513. The number of anilines is 1. The highest BCUT2D eigenvalue weighted by Crippen LogP contribution is 2.14. The Morgan fingerprint density at radius 3 is 2.38 bits per heavy atom. The second-order valence-electron chi connectivity index (χ2n) is 5.86. The molecule has 0 fully saturated rings. The number of nitrogens with one attached hydrogen (secondary N) is 3. The van der Waals surface area contributed by atoms with Gasteiger partial charge in [0.1, 0.15) is 17.2 Å². The van der Waals surface area contributed by atoms with E-state index in [4.69, 9.17) is 11.1 Å². The summed E-state index contributed by atoms with van der Waals surface area (Å²) in [7, 11) is 0. The Labute approximate surface area is 154 Å². The molecule has 0 saturated heterocycles. The molecule has 140 valence electrons. The van der Waals surface area contributed by atoms with Crippen LogP contribution in [0.5, 0.6) is 0 Å². The fourth-order valence-electron chi connectivity index (χ4n) is 2.33. The Morgan fingerprint density at radius 1 is 1.23 bits per heavy atom. The Bertz CT molecular complexity index is 705. The van der Waals surface area contributed by atoms with Gasteiger partial charge >= 0.3 is 0 Å². The number of hydrogen-bond donors (Lipinski definition) is 4. The summed E-state index contributed by atoms with van der Waals surface area (Å²) < 4.78 is 13.0. The quantitative estimate of drug-likeness (QED) is 0.218. The van der Waals surface area contributed by atoms with Crippen LogP contribution in [0.25, 0.3) is 0 Å². The number of amides is 1. The molecule has 5 N–H and O–H groups in total. The monoisotopic (exact) mass is 358 g/mol. The lowest BCUT2D eigenvalue weighted by atomic mass is 10.1. The number of carbonyl (C=O) groups excluding carboxylic acids is 1. The van der Waals surface area contributed by atoms with Gasteiger partial charge in [0.05, 0.1) is 0 Å². The number of amidine groups is 1. The van der Waals surface area contributed by atoms with Crippen LogP contribution in [0.15, 0.2) is 60.0 Å². The molecule has 26 heavy (non-hydrogen) atoms. The predicted molar refractivity (Wildman–Crippen MR) is 105 cm³/mol. The van der Waals surface area contributed by atoms with E-state index in [0.717, 1.165) is 24.8 Å². The van der Waals surface area contributed by atoms with Crippen molar-refractivity contribution in [3.63, 3.8) is 0 Å². The zero-order valence-electron chi connectivity index (χ0n) is 15.4. The van der Waals surface area contributed by atoms with Crippen LogP contribution in [0.3, 0.4) is 0 Å². The van der Waals surface area contributed by atoms with Crippen molar-refractivity contribution in [1.29, 1.82) is 5.41 Å². The summed E-state index contributed by atoms with van der Waals surface area (Å²) in [6.07, 6.45) is 6.75. The number of carbonyl (C=O) groups is 1. The van der Waals surface area contributed by atoms with E-state index in [9.17, 15) is 9.18 Å². The lowest BCUT2D eigenvalue weighted by Gasteiger charge is -2.14. The van der Waals surface area contributed by atoms with Crippen molar-refractivity contribution < 1.29 is 9.18 Å². The Hall–Kier alpha value is -2.89. The van der Waals surface area contributed by atoms with Gasteiger partial charge in [0, 0.05) is 17.6 Å². The summed E-state index contributed by atoms with van der Waals surface area (Å²) in [5, 5.41) is 13.5. The van der Waals surface area contributed by atoms with Crippen LogP contribution < -0.4 is 16.4 Å². The molecule has 0 unspecified atom stereocenters. The highest BCUT2D eigenvalue weighted by Gasteiger charge is 2.18. The number of halogens is 1. The van der Waals surface area contributed by atoms with Gasteiger partial charge in [0.25, 0.3) is 5.91 Å². The Kier molecular flexibility index (Phi) is 8.84. The van der Waals surface area contributed by atoms with Crippen molar-refractivity contribution in [3.8, 4) is 0 Å². The smallest absolute Gasteiger partial charge is 0.261 e. The second-order valence-corrected chi connectivity index (χ2v) is 5.86. The van der Waals surface area contributed by atoms with E-state index in [0.29, 0.717) is 17.8 Å². The molecule has 0 aromatic heterocycles. The molecule has 0 saturated carbocycles. The molecule has 0 spiro atoms.